The first-order chi connectivity index (χ1) is 11.6. The Balaban J connectivity index is 0.00000312. The highest BCUT2D eigenvalue weighted by atomic mass is 127. The van der Waals surface area contributed by atoms with Gasteiger partial charge in [0.2, 0.25) is 0 Å². The van der Waals surface area contributed by atoms with Crippen LogP contribution in [0.2, 0.25) is 0 Å². The fourth-order valence-corrected chi connectivity index (χ4v) is 2.35. The molecule has 1 heterocycles. The number of nitrogens with zero attached hydrogens (tertiary/aromatic N) is 2. The summed E-state index contributed by atoms with van der Waals surface area (Å²) in [5.74, 6) is 0.199. The lowest BCUT2D eigenvalue weighted by Gasteiger charge is -2.19. The highest BCUT2D eigenvalue weighted by Gasteiger charge is 2.17. The number of hydrogen-bond donors (Lipinski definition) is 2. The molecule has 2 unspecified atom stereocenters. The Bertz CT molecular complexity index is 615. The molecule has 2 N–H and O–H groups in total. The lowest BCUT2D eigenvalue weighted by Crippen LogP contribution is -2.44. The van der Waals surface area contributed by atoms with Crippen molar-refractivity contribution in [1.29, 1.82) is 5.26 Å². The lowest BCUT2D eigenvalue weighted by molar-refractivity contribution is 0.0347. The van der Waals surface area contributed by atoms with Gasteiger partial charge in [-0.1, -0.05) is 0 Å². The molecule has 0 spiro atoms. The highest BCUT2D eigenvalue weighted by Crippen LogP contribution is 2.10. The third kappa shape index (κ3) is 7.13. The van der Waals surface area contributed by atoms with Crippen LogP contribution in [0, 0.1) is 17.1 Å². The van der Waals surface area contributed by atoms with E-state index in [1.165, 1.54) is 18.2 Å². The van der Waals surface area contributed by atoms with Crippen molar-refractivity contribution in [2.75, 3.05) is 26.9 Å². The number of benzene rings is 1. The standard InChI is InChI=1S/C17H23FN4O2.HI/c1-12(10-24-15-5-6-23-11-15)22-17(20-2)21-9-14-7-13(8-19)3-4-16(14)18;/h3-4,7,12,15H,5-6,9-11H2,1-2H3,(H2,20,21,22);1H. The zero-order valence-electron chi connectivity index (χ0n) is 14.4. The smallest absolute Gasteiger partial charge is 0.191 e. The maximum absolute atomic E-state index is 13.8. The molecule has 1 aliphatic rings. The molecule has 8 heteroatoms. The summed E-state index contributed by atoms with van der Waals surface area (Å²) in [6.45, 7) is 4.16. The van der Waals surface area contributed by atoms with Crippen molar-refractivity contribution in [3.63, 3.8) is 0 Å². The van der Waals surface area contributed by atoms with Crippen LogP contribution >= 0.6 is 24.0 Å². The molecule has 6 nitrogen and oxygen atoms in total. The fourth-order valence-electron chi connectivity index (χ4n) is 2.35. The normalized spacial score (nSPS) is 18.2. The van der Waals surface area contributed by atoms with E-state index in [-0.39, 0.29) is 48.5 Å². The Morgan fingerprint density at radius 3 is 3.00 bits per heavy atom. The molecular weight excluding hydrogens is 438 g/mol. The average molecular weight is 462 g/mol. The molecule has 2 rings (SSSR count). The van der Waals surface area contributed by atoms with E-state index in [0.29, 0.717) is 30.3 Å². The van der Waals surface area contributed by atoms with Crippen molar-refractivity contribution < 1.29 is 13.9 Å². The third-order valence-corrected chi connectivity index (χ3v) is 3.70. The van der Waals surface area contributed by atoms with Gasteiger partial charge in [-0.25, -0.2) is 4.39 Å². The summed E-state index contributed by atoms with van der Waals surface area (Å²) in [4.78, 5) is 4.12. The van der Waals surface area contributed by atoms with Crippen LogP contribution in [0.4, 0.5) is 4.39 Å². The third-order valence-electron chi connectivity index (χ3n) is 3.70. The van der Waals surface area contributed by atoms with E-state index in [1.54, 1.807) is 7.05 Å². The molecule has 1 aliphatic heterocycles. The number of rotatable bonds is 6. The van der Waals surface area contributed by atoms with E-state index in [2.05, 4.69) is 15.6 Å². The van der Waals surface area contributed by atoms with Crippen LogP contribution in [0.3, 0.4) is 0 Å². The Morgan fingerprint density at radius 1 is 1.56 bits per heavy atom. The van der Waals surface area contributed by atoms with Crippen molar-refractivity contribution in [2.45, 2.75) is 32.0 Å². The Kier molecular flexibility index (Phi) is 9.70. The van der Waals surface area contributed by atoms with E-state index in [4.69, 9.17) is 14.7 Å². The van der Waals surface area contributed by atoms with Gasteiger partial charge >= 0.3 is 0 Å². The fraction of sp³-hybridized carbons (Fsp3) is 0.529. The largest absolute Gasteiger partial charge is 0.379 e. The molecule has 0 amide bonds. The number of aliphatic imine (C=N–C) groups is 1. The van der Waals surface area contributed by atoms with Gasteiger partial charge in [0.1, 0.15) is 5.82 Å². The molecule has 0 saturated carbocycles. The Hall–Kier alpha value is -1.44. The van der Waals surface area contributed by atoms with Crippen LogP contribution in [0.25, 0.3) is 0 Å². The summed E-state index contributed by atoms with van der Waals surface area (Å²) in [6.07, 6.45) is 1.08. The number of halogens is 2. The summed E-state index contributed by atoms with van der Waals surface area (Å²) in [5, 5.41) is 15.1. The molecule has 1 saturated heterocycles. The van der Waals surface area contributed by atoms with Gasteiger partial charge in [-0.3, -0.25) is 4.99 Å². The molecule has 1 aromatic carbocycles. The van der Waals surface area contributed by atoms with Gasteiger partial charge < -0.3 is 20.1 Å². The molecule has 0 bridgehead atoms. The van der Waals surface area contributed by atoms with Gasteiger partial charge in [-0.15, -0.1) is 24.0 Å². The van der Waals surface area contributed by atoms with E-state index < -0.39 is 0 Å². The van der Waals surface area contributed by atoms with Crippen LogP contribution in [0.1, 0.15) is 24.5 Å². The van der Waals surface area contributed by atoms with Crippen molar-refractivity contribution in [3.8, 4) is 6.07 Å². The molecule has 0 aliphatic carbocycles. The molecule has 1 aromatic rings. The summed E-state index contributed by atoms with van der Waals surface area (Å²) in [5.41, 5.74) is 0.848. The number of nitrogens with one attached hydrogen (secondary N) is 2. The van der Waals surface area contributed by atoms with E-state index in [9.17, 15) is 4.39 Å². The van der Waals surface area contributed by atoms with Crippen LogP contribution in [-0.4, -0.2) is 45.0 Å². The number of hydrogen-bond acceptors (Lipinski definition) is 4. The first-order valence-electron chi connectivity index (χ1n) is 7.97. The van der Waals surface area contributed by atoms with Crippen molar-refractivity contribution in [2.24, 2.45) is 4.99 Å². The quantitative estimate of drug-likeness (QED) is 0.385. The van der Waals surface area contributed by atoms with Crippen molar-refractivity contribution >= 4 is 29.9 Å². The average Bonchev–Trinajstić information content (AvgIpc) is 3.11. The van der Waals surface area contributed by atoms with Crippen LogP contribution in [-0.2, 0) is 16.0 Å². The summed E-state index contributed by atoms with van der Waals surface area (Å²) in [6, 6.07) is 6.34. The lowest BCUT2D eigenvalue weighted by atomic mass is 10.1. The summed E-state index contributed by atoms with van der Waals surface area (Å²) < 4.78 is 24.8. The summed E-state index contributed by atoms with van der Waals surface area (Å²) in [7, 11) is 1.65. The maximum Gasteiger partial charge on any atom is 0.191 e. The number of guanidine groups is 1. The molecule has 0 aromatic heterocycles. The predicted octanol–water partition coefficient (Wildman–Crippen LogP) is 2.17. The first-order valence-corrected chi connectivity index (χ1v) is 7.97. The van der Waals surface area contributed by atoms with E-state index >= 15 is 0 Å². The minimum Gasteiger partial charge on any atom is -0.379 e. The van der Waals surface area contributed by atoms with Crippen molar-refractivity contribution in [1.82, 2.24) is 10.6 Å². The van der Waals surface area contributed by atoms with Gasteiger partial charge in [-0.05, 0) is 31.5 Å². The van der Waals surface area contributed by atoms with Gasteiger partial charge in [0.25, 0.3) is 0 Å². The maximum atomic E-state index is 13.8. The van der Waals surface area contributed by atoms with Gasteiger partial charge in [0.05, 0.1) is 31.0 Å². The summed E-state index contributed by atoms with van der Waals surface area (Å²) >= 11 is 0. The Labute approximate surface area is 164 Å². The second kappa shape index (κ2) is 11.2. The first kappa shape index (κ1) is 21.6. The highest BCUT2D eigenvalue weighted by molar-refractivity contribution is 14.0. The topological polar surface area (TPSA) is 78.7 Å². The second-order valence-electron chi connectivity index (χ2n) is 5.71. The second-order valence-corrected chi connectivity index (χ2v) is 5.71. The minimum absolute atomic E-state index is 0. The molecule has 1 fully saturated rings. The van der Waals surface area contributed by atoms with Gasteiger partial charge in [0.15, 0.2) is 5.96 Å². The predicted molar refractivity (Wildman–Crippen MR) is 105 cm³/mol. The minimum atomic E-state index is -0.352. The molecule has 2 atom stereocenters. The molecule has 25 heavy (non-hydrogen) atoms. The monoisotopic (exact) mass is 462 g/mol. The molecule has 138 valence electrons. The van der Waals surface area contributed by atoms with Crippen LogP contribution in [0.15, 0.2) is 23.2 Å². The number of nitriles is 1. The number of ether oxygens (including phenoxy) is 2. The van der Waals surface area contributed by atoms with Crippen molar-refractivity contribution in [3.05, 3.63) is 35.1 Å². The van der Waals surface area contributed by atoms with Gasteiger partial charge in [0, 0.05) is 31.8 Å². The van der Waals surface area contributed by atoms with Gasteiger partial charge in [-0.2, -0.15) is 5.26 Å². The Morgan fingerprint density at radius 2 is 2.36 bits per heavy atom. The zero-order chi connectivity index (χ0) is 17.4. The van der Waals surface area contributed by atoms with E-state index in [1.807, 2.05) is 13.0 Å². The van der Waals surface area contributed by atoms with Crippen LogP contribution in [0.5, 0.6) is 0 Å². The van der Waals surface area contributed by atoms with Crippen LogP contribution < -0.4 is 10.6 Å². The zero-order valence-corrected chi connectivity index (χ0v) is 16.7. The molecule has 0 radical (unpaired) electrons. The van der Waals surface area contributed by atoms with E-state index in [0.717, 1.165) is 13.0 Å². The molecular formula is C17H24FIN4O2. The SMILES string of the molecule is CN=C(NCc1cc(C#N)ccc1F)NC(C)COC1CCOC1.I.